The maximum atomic E-state index is 13.3. The van der Waals surface area contributed by atoms with Gasteiger partial charge < -0.3 is 19.6 Å². The fraction of sp³-hybridized carbons (Fsp3) is 0.417. The Balaban J connectivity index is 1.69. The standard InChI is InChI=1S/C24H29FN2O4/c1-17(2)31-22-9-5-18(6-10-22)13-23(28)27(14-19-3-7-21(25)8-4-19)16-20-11-12-26(15-20)24(29)30/h3-10,17,20H,11-16H2,1-2H3,(H,29,30)/t20-/m1/s1. The fourth-order valence-corrected chi connectivity index (χ4v) is 3.78. The van der Waals surface area contributed by atoms with Gasteiger partial charge in [-0.1, -0.05) is 24.3 Å². The molecular formula is C24H29FN2O4. The third-order valence-corrected chi connectivity index (χ3v) is 5.32. The Morgan fingerprint density at radius 3 is 2.35 bits per heavy atom. The van der Waals surface area contributed by atoms with Crippen LogP contribution in [0.15, 0.2) is 48.5 Å². The van der Waals surface area contributed by atoms with Crippen molar-refractivity contribution in [2.75, 3.05) is 19.6 Å². The van der Waals surface area contributed by atoms with Crippen molar-refractivity contribution >= 4 is 12.0 Å². The molecule has 2 aromatic carbocycles. The number of carbonyl (C=O) groups excluding carboxylic acids is 1. The number of carboxylic acid groups (broad SMARTS) is 1. The first-order valence-electron chi connectivity index (χ1n) is 10.6. The predicted octanol–water partition coefficient (Wildman–Crippen LogP) is 4.18. The van der Waals surface area contributed by atoms with E-state index in [0.29, 0.717) is 26.2 Å². The summed E-state index contributed by atoms with van der Waals surface area (Å²) in [6.45, 7) is 5.64. The van der Waals surface area contributed by atoms with Gasteiger partial charge in [0, 0.05) is 26.2 Å². The maximum absolute atomic E-state index is 13.3. The Kier molecular flexibility index (Phi) is 7.50. The van der Waals surface area contributed by atoms with Gasteiger partial charge in [0.15, 0.2) is 0 Å². The number of likely N-dealkylation sites (tertiary alicyclic amines) is 1. The lowest BCUT2D eigenvalue weighted by Gasteiger charge is -2.26. The molecule has 6 nitrogen and oxygen atoms in total. The van der Waals surface area contributed by atoms with Gasteiger partial charge in [-0.3, -0.25) is 4.79 Å². The van der Waals surface area contributed by atoms with E-state index in [1.807, 2.05) is 38.1 Å². The van der Waals surface area contributed by atoms with Crippen LogP contribution in [0.2, 0.25) is 0 Å². The van der Waals surface area contributed by atoms with Crippen molar-refractivity contribution in [3.63, 3.8) is 0 Å². The van der Waals surface area contributed by atoms with E-state index in [1.165, 1.54) is 17.0 Å². The summed E-state index contributed by atoms with van der Waals surface area (Å²) < 4.78 is 18.9. The number of amides is 2. The lowest BCUT2D eigenvalue weighted by atomic mass is 10.1. The molecule has 7 heteroatoms. The lowest BCUT2D eigenvalue weighted by molar-refractivity contribution is -0.131. The van der Waals surface area contributed by atoms with Crippen LogP contribution in [0.4, 0.5) is 9.18 Å². The minimum atomic E-state index is -0.928. The summed E-state index contributed by atoms with van der Waals surface area (Å²) in [7, 11) is 0. The minimum absolute atomic E-state index is 0.0457. The van der Waals surface area contributed by atoms with Crippen molar-refractivity contribution in [2.45, 2.75) is 39.3 Å². The van der Waals surface area contributed by atoms with Crippen LogP contribution >= 0.6 is 0 Å². The van der Waals surface area contributed by atoms with Crippen molar-refractivity contribution in [3.05, 3.63) is 65.5 Å². The average molecular weight is 429 g/mol. The van der Waals surface area contributed by atoms with Crippen LogP contribution in [0.3, 0.4) is 0 Å². The van der Waals surface area contributed by atoms with E-state index in [9.17, 15) is 19.1 Å². The summed E-state index contributed by atoms with van der Waals surface area (Å²) in [6, 6.07) is 13.6. The van der Waals surface area contributed by atoms with Crippen molar-refractivity contribution in [2.24, 2.45) is 5.92 Å². The van der Waals surface area contributed by atoms with Crippen molar-refractivity contribution in [1.29, 1.82) is 0 Å². The molecule has 1 aliphatic rings. The quantitative estimate of drug-likeness (QED) is 0.685. The maximum Gasteiger partial charge on any atom is 0.407 e. The monoisotopic (exact) mass is 428 g/mol. The van der Waals surface area contributed by atoms with Crippen LogP contribution in [0.1, 0.15) is 31.4 Å². The molecule has 1 aliphatic heterocycles. The van der Waals surface area contributed by atoms with E-state index in [1.54, 1.807) is 17.0 Å². The van der Waals surface area contributed by atoms with Crippen LogP contribution in [0.25, 0.3) is 0 Å². The topological polar surface area (TPSA) is 70.1 Å². The van der Waals surface area contributed by atoms with Crippen LogP contribution < -0.4 is 4.74 Å². The molecule has 0 aliphatic carbocycles. The molecule has 1 heterocycles. The highest BCUT2D eigenvalue weighted by Crippen LogP contribution is 2.20. The molecule has 31 heavy (non-hydrogen) atoms. The first-order chi connectivity index (χ1) is 14.8. The second-order valence-electron chi connectivity index (χ2n) is 8.27. The third-order valence-electron chi connectivity index (χ3n) is 5.32. The minimum Gasteiger partial charge on any atom is -0.491 e. The summed E-state index contributed by atoms with van der Waals surface area (Å²) >= 11 is 0. The second kappa shape index (κ2) is 10.3. The Hall–Kier alpha value is -3.09. The Morgan fingerprint density at radius 1 is 1.13 bits per heavy atom. The van der Waals surface area contributed by atoms with E-state index in [4.69, 9.17) is 4.74 Å². The van der Waals surface area contributed by atoms with Gasteiger partial charge in [-0.15, -0.1) is 0 Å². The number of hydrogen-bond acceptors (Lipinski definition) is 3. The highest BCUT2D eigenvalue weighted by atomic mass is 19.1. The molecule has 1 atom stereocenters. The molecule has 1 N–H and O–H groups in total. The molecule has 2 aromatic rings. The highest BCUT2D eigenvalue weighted by Gasteiger charge is 2.29. The summed E-state index contributed by atoms with van der Waals surface area (Å²) in [5, 5.41) is 9.21. The normalized spacial score (nSPS) is 15.9. The lowest BCUT2D eigenvalue weighted by Crippen LogP contribution is -2.37. The van der Waals surface area contributed by atoms with E-state index in [2.05, 4.69) is 0 Å². The number of halogens is 1. The van der Waals surface area contributed by atoms with Crippen molar-refractivity contribution in [1.82, 2.24) is 9.80 Å². The average Bonchev–Trinajstić information content (AvgIpc) is 3.19. The summed E-state index contributed by atoms with van der Waals surface area (Å²) in [5.74, 6) is 0.477. The zero-order valence-electron chi connectivity index (χ0n) is 18.0. The Bertz CT molecular complexity index is 883. The number of ether oxygens (including phenoxy) is 1. The molecule has 1 saturated heterocycles. The zero-order chi connectivity index (χ0) is 22.4. The summed E-state index contributed by atoms with van der Waals surface area (Å²) in [5.41, 5.74) is 1.72. The predicted molar refractivity (Wildman–Crippen MR) is 115 cm³/mol. The summed E-state index contributed by atoms with van der Waals surface area (Å²) in [4.78, 5) is 27.5. The van der Waals surface area contributed by atoms with Crippen molar-refractivity contribution in [3.8, 4) is 5.75 Å². The van der Waals surface area contributed by atoms with E-state index in [0.717, 1.165) is 23.3 Å². The fourth-order valence-electron chi connectivity index (χ4n) is 3.78. The van der Waals surface area contributed by atoms with Gasteiger partial charge in [-0.05, 0) is 61.6 Å². The van der Waals surface area contributed by atoms with Gasteiger partial charge in [-0.25, -0.2) is 9.18 Å². The van der Waals surface area contributed by atoms with E-state index in [-0.39, 0.29) is 30.2 Å². The van der Waals surface area contributed by atoms with Crippen LogP contribution in [0, 0.1) is 11.7 Å². The molecule has 0 unspecified atom stereocenters. The van der Waals surface area contributed by atoms with Gasteiger partial charge >= 0.3 is 6.09 Å². The van der Waals surface area contributed by atoms with Gasteiger partial charge in [0.2, 0.25) is 5.91 Å². The number of rotatable bonds is 8. The molecule has 1 fully saturated rings. The number of nitrogens with zero attached hydrogens (tertiary/aromatic N) is 2. The molecule has 3 rings (SSSR count). The van der Waals surface area contributed by atoms with Crippen LogP contribution in [-0.4, -0.2) is 52.6 Å². The molecular weight excluding hydrogens is 399 g/mol. The van der Waals surface area contributed by atoms with Gasteiger partial charge in [0.1, 0.15) is 11.6 Å². The second-order valence-corrected chi connectivity index (χ2v) is 8.27. The molecule has 0 bridgehead atoms. The molecule has 2 amide bonds. The highest BCUT2D eigenvalue weighted by molar-refractivity contribution is 5.79. The molecule has 0 spiro atoms. The van der Waals surface area contributed by atoms with Gasteiger partial charge in [0.25, 0.3) is 0 Å². The van der Waals surface area contributed by atoms with Crippen LogP contribution in [0.5, 0.6) is 5.75 Å². The number of benzene rings is 2. The number of carbonyl (C=O) groups is 2. The van der Waals surface area contributed by atoms with Crippen LogP contribution in [-0.2, 0) is 17.8 Å². The number of hydrogen-bond donors (Lipinski definition) is 1. The largest absolute Gasteiger partial charge is 0.491 e. The zero-order valence-corrected chi connectivity index (χ0v) is 18.0. The molecule has 0 saturated carbocycles. The molecule has 0 radical (unpaired) electrons. The Labute approximate surface area is 182 Å². The van der Waals surface area contributed by atoms with E-state index >= 15 is 0 Å². The van der Waals surface area contributed by atoms with Gasteiger partial charge in [0.05, 0.1) is 12.5 Å². The Morgan fingerprint density at radius 2 is 1.77 bits per heavy atom. The summed E-state index contributed by atoms with van der Waals surface area (Å²) in [6.07, 6.45) is 0.109. The first kappa shape index (κ1) is 22.6. The first-order valence-corrected chi connectivity index (χ1v) is 10.6. The molecule has 166 valence electrons. The van der Waals surface area contributed by atoms with Gasteiger partial charge in [-0.2, -0.15) is 0 Å². The molecule has 0 aromatic heterocycles. The SMILES string of the molecule is CC(C)Oc1ccc(CC(=O)N(Cc2ccc(F)cc2)C[C@@H]2CCN(C(=O)O)C2)cc1. The van der Waals surface area contributed by atoms with E-state index < -0.39 is 6.09 Å². The third kappa shape index (κ3) is 6.70. The van der Waals surface area contributed by atoms with Crippen molar-refractivity contribution < 1.29 is 23.8 Å². The smallest absolute Gasteiger partial charge is 0.407 e.